The van der Waals surface area contributed by atoms with E-state index >= 15 is 0 Å². The Morgan fingerprint density at radius 2 is 1.88 bits per heavy atom. The lowest BCUT2D eigenvalue weighted by Crippen LogP contribution is -2.07. The first-order valence-electron chi connectivity index (χ1n) is 7.39. The summed E-state index contributed by atoms with van der Waals surface area (Å²) in [6.07, 6.45) is 1.13. The van der Waals surface area contributed by atoms with Crippen LogP contribution in [0.3, 0.4) is 0 Å². The number of ether oxygens (including phenoxy) is 1. The van der Waals surface area contributed by atoms with Gasteiger partial charge >= 0.3 is 0 Å². The van der Waals surface area contributed by atoms with Crippen molar-refractivity contribution in [1.82, 2.24) is 9.55 Å². The maximum atomic E-state index is 11.8. The third-order valence-corrected chi connectivity index (χ3v) is 5.09. The Morgan fingerprint density at radius 1 is 1.21 bits per heavy atom. The van der Waals surface area contributed by atoms with Crippen LogP contribution < -0.4 is 10.5 Å². The molecule has 0 spiro atoms. The van der Waals surface area contributed by atoms with Crippen LogP contribution in [0.5, 0.6) is 5.75 Å². The van der Waals surface area contributed by atoms with Crippen LogP contribution in [0.4, 0.5) is 5.82 Å². The third-order valence-electron chi connectivity index (χ3n) is 3.97. The van der Waals surface area contributed by atoms with Crippen LogP contribution in [-0.2, 0) is 16.4 Å². The van der Waals surface area contributed by atoms with Crippen LogP contribution in [0.2, 0.25) is 0 Å². The van der Waals surface area contributed by atoms with E-state index in [1.54, 1.807) is 13.2 Å². The van der Waals surface area contributed by atoms with E-state index in [1.165, 1.54) is 0 Å². The number of rotatable bonds is 4. The number of anilines is 1. The second-order valence-electron chi connectivity index (χ2n) is 5.78. The van der Waals surface area contributed by atoms with E-state index < -0.39 is 9.84 Å². The van der Waals surface area contributed by atoms with E-state index in [-0.39, 0.29) is 10.7 Å². The summed E-state index contributed by atoms with van der Waals surface area (Å²) in [4.78, 5) is 4.40. The van der Waals surface area contributed by atoms with Gasteiger partial charge in [0.2, 0.25) is 0 Å². The van der Waals surface area contributed by atoms with Crippen molar-refractivity contribution in [2.45, 2.75) is 18.4 Å². The molecule has 24 heavy (non-hydrogen) atoms. The van der Waals surface area contributed by atoms with E-state index in [0.29, 0.717) is 12.2 Å². The Bertz CT molecular complexity index is 1010. The first-order chi connectivity index (χ1) is 11.3. The molecular formula is C17H19N3O3S. The fourth-order valence-corrected chi connectivity index (χ4v) is 3.48. The number of nitrogen functional groups attached to an aromatic ring is 1. The van der Waals surface area contributed by atoms with Crippen molar-refractivity contribution in [2.75, 3.05) is 19.1 Å². The van der Waals surface area contributed by atoms with Crippen LogP contribution in [0.15, 0.2) is 41.3 Å². The van der Waals surface area contributed by atoms with Gasteiger partial charge in [-0.2, -0.15) is 0 Å². The van der Waals surface area contributed by atoms with E-state index in [2.05, 4.69) is 4.98 Å². The minimum absolute atomic E-state index is 0.0269. The molecule has 0 aliphatic heterocycles. The van der Waals surface area contributed by atoms with Crippen LogP contribution in [-0.4, -0.2) is 31.3 Å². The molecule has 0 bridgehead atoms. The quantitative estimate of drug-likeness (QED) is 0.784. The zero-order valence-corrected chi connectivity index (χ0v) is 14.6. The Kier molecular flexibility index (Phi) is 3.96. The van der Waals surface area contributed by atoms with Gasteiger partial charge in [0.1, 0.15) is 22.1 Å². The van der Waals surface area contributed by atoms with Gasteiger partial charge in [-0.25, -0.2) is 13.4 Å². The number of aromatic nitrogens is 2. The molecule has 0 fully saturated rings. The van der Waals surface area contributed by atoms with Gasteiger partial charge in [-0.05, 0) is 36.8 Å². The summed E-state index contributed by atoms with van der Waals surface area (Å²) in [5.41, 5.74) is 8.61. The second kappa shape index (κ2) is 5.83. The number of hydrogen-bond donors (Lipinski definition) is 1. The van der Waals surface area contributed by atoms with E-state index in [9.17, 15) is 8.42 Å². The predicted molar refractivity (Wildman–Crippen MR) is 94.1 cm³/mol. The Hall–Kier alpha value is -2.54. The number of sulfone groups is 1. The van der Waals surface area contributed by atoms with Crippen molar-refractivity contribution in [3.05, 3.63) is 47.7 Å². The monoisotopic (exact) mass is 345 g/mol. The second-order valence-corrected chi connectivity index (χ2v) is 7.76. The molecule has 126 valence electrons. The number of fused-ring (bicyclic) bond motifs is 1. The van der Waals surface area contributed by atoms with Gasteiger partial charge in [0.25, 0.3) is 0 Å². The number of methoxy groups -OCH3 is 1. The van der Waals surface area contributed by atoms with Crippen LogP contribution >= 0.6 is 0 Å². The van der Waals surface area contributed by atoms with E-state index in [4.69, 9.17) is 10.5 Å². The lowest BCUT2D eigenvalue weighted by molar-refractivity contribution is 0.414. The summed E-state index contributed by atoms with van der Waals surface area (Å²) < 4.78 is 30.8. The van der Waals surface area contributed by atoms with Crippen LogP contribution in [0, 0.1) is 6.92 Å². The highest BCUT2D eigenvalue weighted by atomic mass is 32.2. The van der Waals surface area contributed by atoms with Crippen molar-refractivity contribution in [2.24, 2.45) is 0 Å². The van der Waals surface area contributed by atoms with Crippen molar-refractivity contribution in [3.63, 3.8) is 0 Å². The van der Waals surface area contributed by atoms with Gasteiger partial charge in [0, 0.05) is 23.9 Å². The van der Waals surface area contributed by atoms with Gasteiger partial charge in [-0.3, -0.25) is 0 Å². The van der Waals surface area contributed by atoms with Crippen LogP contribution in [0.1, 0.15) is 11.3 Å². The first-order valence-corrected chi connectivity index (χ1v) is 9.28. The van der Waals surface area contributed by atoms with Crippen molar-refractivity contribution in [1.29, 1.82) is 0 Å². The molecule has 0 saturated heterocycles. The van der Waals surface area contributed by atoms with E-state index in [0.717, 1.165) is 28.6 Å². The number of hydrogen-bond acceptors (Lipinski definition) is 5. The zero-order chi connectivity index (χ0) is 17.5. The standard InChI is InChI=1S/C17H19N3O3S/c1-11-8-13-9-15(24(3,21)22)16(18)19-17(13)20(11)10-12-4-6-14(23-2)7-5-12/h4-9H,10H2,1-3H3,(H2,18,19). The SMILES string of the molecule is COc1ccc(Cn2c(C)cc3cc(S(C)(=O)=O)c(N)nc32)cc1. The van der Waals surface area contributed by atoms with Crippen molar-refractivity contribution >= 4 is 26.7 Å². The number of aryl methyl sites for hydroxylation is 1. The Balaban J connectivity index is 2.08. The number of benzene rings is 1. The Morgan fingerprint density at radius 3 is 2.46 bits per heavy atom. The highest BCUT2D eigenvalue weighted by molar-refractivity contribution is 7.90. The molecule has 2 heterocycles. The molecule has 0 aliphatic carbocycles. The summed E-state index contributed by atoms with van der Waals surface area (Å²) in [7, 11) is -1.78. The molecule has 3 rings (SSSR count). The molecule has 7 heteroatoms. The fourth-order valence-electron chi connectivity index (χ4n) is 2.72. The minimum Gasteiger partial charge on any atom is -0.497 e. The molecule has 6 nitrogen and oxygen atoms in total. The summed E-state index contributed by atoms with van der Waals surface area (Å²) in [5, 5.41) is 0.760. The molecule has 0 unspecified atom stereocenters. The summed E-state index contributed by atoms with van der Waals surface area (Å²) in [6, 6.07) is 11.3. The van der Waals surface area contributed by atoms with Crippen molar-refractivity contribution in [3.8, 4) is 5.75 Å². The molecule has 2 aromatic heterocycles. The van der Waals surface area contributed by atoms with Gasteiger partial charge in [0.15, 0.2) is 9.84 Å². The van der Waals surface area contributed by atoms with Crippen LogP contribution in [0.25, 0.3) is 11.0 Å². The highest BCUT2D eigenvalue weighted by Gasteiger charge is 2.17. The number of nitrogens with zero attached hydrogens (tertiary/aromatic N) is 2. The fraction of sp³-hybridized carbons (Fsp3) is 0.235. The van der Waals surface area contributed by atoms with Crippen molar-refractivity contribution < 1.29 is 13.2 Å². The lowest BCUT2D eigenvalue weighted by atomic mass is 10.2. The topological polar surface area (TPSA) is 87.2 Å². The first kappa shape index (κ1) is 16.3. The smallest absolute Gasteiger partial charge is 0.179 e. The Labute approximate surface area is 140 Å². The molecule has 0 radical (unpaired) electrons. The molecule has 2 N–H and O–H groups in total. The summed E-state index contributed by atoms with van der Waals surface area (Å²) in [5.74, 6) is 0.826. The predicted octanol–water partition coefficient (Wildman–Crippen LogP) is 2.39. The maximum absolute atomic E-state index is 11.8. The molecule has 0 aliphatic rings. The highest BCUT2D eigenvalue weighted by Crippen LogP contribution is 2.26. The molecule has 0 atom stereocenters. The zero-order valence-electron chi connectivity index (χ0n) is 13.8. The van der Waals surface area contributed by atoms with Gasteiger partial charge in [-0.1, -0.05) is 12.1 Å². The molecule has 0 saturated carbocycles. The number of pyridine rings is 1. The normalized spacial score (nSPS) is 11.8. The molecule has 3 aromatic rings. The summed E-state index contributed by atoms with van der Waals surface area (Å²) >= 11 is 0. The molecular weight excluding hydrogens is 326 g/mol. The average molecular weight is 345 g/mol. The minimum atomic E-state index is -3.41. The van der Waals surface area contributed by atoms with Gasteiger partial charge in [0.05, 0.1) is 7.11 Å². The molecule has 0 amide bonds. The van der Waals surface area contributed by atoms with Gasteiger partial charge in [-0.15, -0.1) is 0 Å². The molecule has 1 aromatic carbocycles. The largest absolute Gasteiger partial charge is 0.497 e. The van der Waals surface area contributed by atoms with E-state index in [1.807, 2.05) is 41.8 Å². The lowest BCUT2D eigenvalue weighted by Gasteiger charge is -2.10. The summed E-state index contributed by atoms with van der Waals surface area (Å²) in [6.45, 7) is 2.57. The number of nitrogens with two attached hydrogens (primary N) is 1. The van der Waals surface area contributed by atoms with Gasteiger partial charge < -0.3 is 15.0 Å². The maximum Gasteiger partial charge on any atom is 0.179 e. The average Bonchev–Trinajstić information content (AvgIpc) is 2.82. The third kappa shape index (κ3) is 2.94.